The van der Waals surface area contributed by atoms with Crippen LogP contribution in [0.25, 0.3) is 0 Å². The number of hydrogen-bond donors (Lipinski definition) is 0. The third-order valence-corrected chi connectivity index (χ3v) is 1.90. The van der Waals surface area contributed by atoms with Gasteiger partial charge >= 0.3 is 5.69 Å². The summed E-state index contributed by atoms with van der Waals surface area (Å²) in [6, 6.07) is 4.80. The molecule has 0 radical (unpaired) electrons. The Morgan fingerprint density at radius 1 is 1.69 bits per heavy atom. The van der Waals surface area contributed by atoms with Crippen molar-refractivity contribution >= 4 is 5.69 Å². The van der Waals surface area contributed by atoms with Gasteiger partial charge in [0.25, 0.3) is 0 Å². The van der Waals surface area contributed by atoms with Gasteiger partial charge in [0.15, 0.2) is 11.9 Å². The zero-order valence-electron chi connectivity index (χ0n) is 8.51. The molecule has 0 heterocycles. The summed E-state index contributed by atoms with van der Waals surface area (Å²) in [7, 11) is 0. The van der Waals surface area contributed by atoms with Gasteiger partial charge in [-0.15, -0.1) is 0 Å². The lowest BCUT2D eigenvalue weighted by Gasteiger charge is -2.09. The Kier molecular flexibility index (Phi) is 3.78. The second-order valence-corrected chi connectivity index (χ2v) is 3.01. The van der Waals surface area contributed by atoms with Gasteiger partial charge in [-0.05, 0) is 18.6 Å². The number of hydrogen-bond acceptors (Lipinski definition) is 4. The van der Waals surface area contributed by atoms with E-state index in [2.05, 4.69) is 0 Å². The van der Waals surface area contributed by atoms with E-state index in [0.717, 1.165) is 18.2 Å². The van der Waals surface area contributed by atoms with Crippen molar-refractivity contribution in [2.24, 2.45) is 0 Å². The van der Waals surface area contributed by atoms with E-state index in [9.17, 15) is 14.5 Å². The average molecular weight is 224 g/mol. The van der Waals surface area contributed by atoms with Crippen LogP contribution in [0.1, 0.15) is 13.3 Å². The van der Waals surface area contributed by atoms with Gasteiger partial charge in [0.05, 0.1) is 11.0 Å². The van der Waals surface area contributed by atoms with Gasteiger partial charge in [-0.2, -0.15) is 5.26 Å². The SMILES string of the molecule is CCC(C#N)Oc1ccc(F)cc1[N+](=O)[O-]. The van der Waals surface area contributed by atoms with Gasteiger partial charge in [-0.3, -0.25) is 10.1 Å². The van der Waals surface area contributed by atoms with Crippen LogP contribution < -0.4 is 4.74 Å². The molecule has 6 heteroatoms. The molecule has 1 atom stereocenters. The van der Waals surface area contributed by atoms with Gasteiger partial charge in [0.1, 0.15) is 11.9 Å². The van der Waals surface area contributed by atoms with E-state index < -0.39 is 22.5 Å². The molecule has 0 saturated heterocycles. The Bertz CT molecular complexity index is 442. The maximum Gasteiger partial charge on any atom is 0.313 e. The van der Waals surface area contributed by atoms with Crippen LogP contribution in [0.2, 0.25) is 0 Å². The third-order valence-electron chi connectivity index (χ3n) is 1.90. The highest BCUT2D eigenvalue weighted by atomic mass is 19.1. The van der Waals surface area contributed by atoms with Gasteiger partial charge < -0.3 is 4.74 Å². The van der Waals surface area contributed by atoms with Gasteiger partial charge in [0, 0.05) is 0 Å². The number of nitro groups is 1. The summed E-state index contributed by atoms with van der Waals surface area (Å²) in [6.07, 6.45) is -0.380. The normalized spacial score (nSPS) is 11.6. The largest absolute Gasteiger partial charge is 0.468 e. The second kappa shape index (κ2) is 5.07. The molecule has 0 saturated carbocycles. The number of rotatable bonds is 4. The molecule has 0 amide bonds. The Morgan fingerprint density at radius 2 is 2.38 bits per heavy atom. The van der Waals surface area contributed by atoms with Crippen molar-refractivity contribution in [2.45, 2.75) is 19.4 Å². The molecular formula is C10H9FN2O3. The maximum atomic E-state index is 12.8. The topological polar surface area (TPSA) is 76.2 Å². The number of halogens is 1. The van der Waals surface area contributed by atoms with Crippen LogP contribution in [-0.2, 0) is 0 Å². The zero-order valence-corrected chi connectivity index (χ0v) is 8.51. The molecule has 1 rings (SSSR count). The zero-order chi connectivity index (χ0) is 12.1. The lowest BCUT2D eigenvalue weighted by Crippen LogP contribution is -2.13. The molecule has 16 heavy (non-hydrogen) atoms. The third kappa shape index (κ3) is 2.67. The summed E-state index contributed by atoms with van der Waals surface area (Å²) in [5.41, 5.74) is -0.478. The number of ether oxygens (including phenoxy) is 1. The number of nitriles is 1. The molecule has 0 aliphatic rings. The van der Waals surface area contributed by atoms with E-state index in [1.807, 2.05) is 6.07 Å². The monoisotopic (exact) mass is 224 g/mol. The summed E-state index contributed by atoms with van der Waals surface area (Å²) in [5, 5.41) is 19.3. The molecular weight excluding hydrogens is 215 g/mol. The molecule has 0 aliphatic heterocycles. The molecule has 1 aromatic carbocycles. The van der Waals surface area contributed by atoms with E-state index >= 15 is 0 Å². The molecule has 84 valence electrons. The lowest BCUT2D eigenvalue weighted by molar-refractivity contribution is -0.386. The first-order valence-corrected chi connectivity index (χ1v) is 4.58. The van der Waals surface area contributed by atoms with Crippen LogP contribution in [0.5, 0.6) is 5.75 Å². The summed E-state index contributed by atoms with van der Waals surface area (Å²) in [5.74, 6) is -0.816. The van der Waals surface area contributed by atoms with E-state index in [1.165, 1.54) is 0 Å². The maximum absolute atomic E-state index is 12.8. The van der Waals surface area contributed by atoms with E-state index in [1.54, 1.807) is 6.92 Å². The van der Waals surface area contributed by atoms with E-state index in [0.29, 0.717) is 6.42 Å². The highest BCUT2D eigenvalue weighted by Gasteiger charge is 2.19. The van der Waals surface area contributed by atoms with Gasteiger partial charge in [-0.1, -0.05) is 6.92 Å². The molecule has 1 unspecified atom stereocenters. The van der Waals surface area contributed by atoms with Crippen LogP contribution in [0.4, 0.5) is 10.1 Å². The molecule has 0 N–H and O–H groups in total. The van der Waals surface area contributed by atoms with E-state index in [4.69, 9.17) is 10.00 Å². The van der Waals surface area contributed by atoms with Crippen LogP contribution in [0.3, 0.4) is 0 Å². The van der Waals surface area contributed by atoms with Gasteiger partial charge in [0.2, 0.25) is 0 Å². The van der Waals surface area contributed by atoms with Crippen molar-refractivity contribution < 1.29 is 14.1 Å². The van der Waals surface area contributed by atoms with Crippen molar-refractivity contribution in [3.05, 3.63) is 34.1 Å². The second-order valence-electron chi connectivity index (χ2n) is 3.01. The molecule has 0 aromatic heterocycles. The van der Waals surface area contributed by atoms with Crippen molar-refractivity contribution in [1.82, 2.24) is 0 Å². The fourth-order valence-corrected chi connectivity index (χ4v) is 1.09. The van der Waals surface area contributed by atoms with Crippen molar-refractivity contribution in [3.8, 4) is 11.8 Å². The quantitative estimate of drug-likeness (QED) is 0.581. The lowest BCUT2D eigenvalue weighted by atomic mass is 10.2. The Labute approximate surface area is 91.2 Å². The summed E-state index contributed by atoms with van der Waals surface area (Å²) in [4.78, 5) is 9.86. The number of benzene rings is 1. The molecule has 1 aromatic rings. The smallest absolute Gasteiger partial charge is 0.313 e. The summed E-state index contributed by atoms with van der Waals surface area (Å²) < 4.78 is 17.9. The number of nitro benzene ring substituents is 1. The summed E-state index contributed by atoms with van der Waals surface area (Å²) >= 11 is 0. The van der Waals surface area contributed by atoms with Crippen LogP contribution in [0.15, 0.2) is 18.2 Å². The van der Waals surface area contributed by atoms with Crippen molar-refractivity contribution in [1.29, 1.82) is 5.26 Å². The highest BCUT2D eigenvalue weighted by Crippen LogP contribution is 2.28. The molecule has 0 bridgehead atoms. The fraction of sp³-hybridized carbons (Fsp3) is 0.300. The standard InChI is InChI=1S/C10H9FN2O3/c1-2-8(6-12)16-10-4-3-7(11)5-9(10)13(14)15/h3-5,8H,2H2,1H3. The minimum absolute atomic E-state index is 0.0974. The minimum atomic E-state index is -0.774. The Hall–Kier alpha value is -2.16. The minimum Gasteiger partial charge on any atom is -0.468 e. The Balaban J connectivity index is 3.04. The highest BCUT2D eigenvalue weighted by molar-refractivity contribution is 5.46. The fourth-order valence-electron chi connectivity index (χ4n) is 1.09. The van der Waals surface area contributed by atoms with Crippen LogP contribution in [0, 0.1) is 27.3 Å². The summed E-state index contributed by atoms with van der Waals surface area (Å²) in [6.45, 7) is 1.71. The molecule has 0 spiro atoms. The predicted molar refractivity (Wildman–Crippen MR) is 53.4 cm³/mol. The van der Waals surface area contributed by atoms with Crippen molar-refractivity contribution in [2.75, 3.05) is 0 Å². The first-order valence-electron chi connectivity index (χ1n) is 4.58. The first kappa shape index (κ1) is 11.9. The van der Waals surface area contributed by atoms with E-state index in [-0.39, 0.29) is 5.75 Å². The average Bonchev–Trinajstić information content (AvgIpc) is 2.27. The van der Waals surface area contributed by atoms with Crippen LogP contribution in [-0.4, -0.2) is 11.0 Å². The van der Waals surface area contributed by atoms with Crippen LogP contribution >= 0.6 is 0 Å². The molecule has 5 nitrogen and oxygen atoms in total. The van der Waals surface area contributed by atoms with Crippen molar-refractivity contribution in [3.63, 3.8) is 0 Å². The predicted octanol–water partition coefficient (Wildman–Crippen LogP) is 2.41. The Morgan fingerprint density at radius 3 is 2.88 bits per heavy atom. The first-order chi connectivity index (χ1) is 7.58. The molecule has 0 aliphatic carbocycles. The number of nitrogens with zero attached hydrogens (tertiary/aromatic N) is 2. The molecule has 0 fully saturated rings. The van der Waals surface area contributed by atoms with Gasteiger partial charge in [-0.25, -0.2) is 4.39 Å².